The third kappa shape index (κ3) is 3.37. The number of hydrogen-bond acceptors (Lipinski definition) is 4. The summed E-state index contributed by atoms with van der Waals surface area (Å²) in [6, 6.07) is 4.58. The molecule has 0 saturated heterocycles. The summed E-state index contributed by atoms with van der Waals surface area (Å²) in [6.07, 6.45) is -0.181. The molecule has 0 spiro atoms. The second-order valence-electron chi connectivity index (χ2n) is 4.25. The fourth-order valence-electron chi connectivity index (χ4n) is 1.95. The summed E-state index contributed by atoms with van der Waals surface area (Å²) in [4.78, 5) is 22.0. The Morgan fingerprint density at radius 2 is 2.00 bits per heavy atom. The molecule has 0 saturated carbocycles. The van der Waals surface area contributed by atoms with Gasteiger partial charge in [0.2, 0.25) is 5.91 Å². The smallest absolute Gasteiger partial charge is 0.305 e. The van der Waals surface area contributed by atoms with Crippen molar-refractivity contribution in [2.45, 2.75) is 19.4 Å². The Bertz CT molecular complexity index is 484. The average Bonchev–Trinajstić information content (AvgIpc) is 2.36. The Hall–Kier alpha value is -2.24. The van der Waals surface area contributed by atoms with Crippen LogP contribution in [-0.2, 0) is 9.59 Å². The van der Waals surface area contributed by atoms with Crippen molar-refractivity contribution in [2.24, 2.45) is 0 Å². The molecule has 6 nitrogen and oxygen atoms in total. The van der Waals surface area contributed by atoms with E-state index in [0.717, 1.165) is 0 Å². The lowest BCUT2D eigenvalue weighted by Gasteiger charge is -2.21. The van der Waals surface area contributed by atoms with Gasteiger partial charge in [-0.2, -0.15) is 0 Å². The minimum Gasteiger partial charge on any atom is -0.486 e. The van der Waals surface area contributed by atoms with E-state index >= 15 is 0 Å². The van der Waals surface area contributed by atoms with Gasteiger partial charge in [-0.05, 0) is 17.7 Å². The van der Waals surface area contributed by atoms with Crippen molar-refractivity contribution in [2.75, 3.05) is 13.2 Å². The fourth-order valence-corrected chi connectivity index (χ4v) is 1.95. The Labute approximate surface area is 110 Å². The minimum absolute atomic E-state index is 0.181. The second-order valence-corrected chi connectivity index (χ2v) is 4.25. The largest absolute Gasteiger partial charge is 0.486 e. The highest BCUT2D eigenvalue weighted by atomic mass is 16.6. The monoisotopic (exact) mass is 265 g/mol. The van der Waals surface area contributed by atoms with E-state index in [9.17, 15) is 9.59 Å². The number of carboxylic acid groups (broad SMARTS) is 1. The SMILES string of the molecule is CC(=O)NC(CC(=O)O)c1ccc2c(c1)OCCO2. The van der Waals surface area contributed by atoms with Crippen LogP contribution in [0.2, 0.25) is 0 Å². The molecule has 1 aliphatic rings. The van der Waals surface area contributed by atoms with Crippen LogP contribution in [0.15, 0.2) is 18.2 Å². The average molecular weight is 265 g/mol. The van der Waals surface area contributed by atoms with Gasteiger partial charge < -0.3 is 19.9 Å². The van der Waals surface area contributed by atoms with E-state index in [2.05, 4.69) is 5.32 Å². The topological polar surface area (TPSA) is 84.9 Å². The fraction of sp³-hybridized carbons (Fsp3) is 0.385. The molecule has 1 aromatic rings. The normalized spacial score (nSPS) is 14.6. The van der Waals surface area contributed by atoms with Gasteiger partial charge in [-0.15, -0.1) is 0 Å². The number of aliphatic carboxylic acids is 1. The van der Waals surface area contributed by atoms with Gasteiger partial charge in [0.1, 0.15) is 13.2 Å². The molecule has 102 valence electrons. The van der Waals surface area contributed by atoms with Crippen molar-refractivity contribution < 1.29 is 24.2 Å². The molecule has 2 N–H and O–H groups in total. The van der Waals surface area contributed by atoms with Gasteiger partial charge in [0.15, 0.2) is 11.5 Å². The van der Waals surface area contributed by atoms with E-state index in [1.807, 2.05) is 0 Å². The van der Waals surface area contributed by atoms with E-state index in [0.29, 0.717) is 30.3 Å². The number of rotatable bonds is 4. The zero-order valence-electron chi connectivity index (χ0n) is 10.5. The molecule has 1 aliphatic heterocycles. The lowest BCUT2D eigenvalue weighted by molar-refractivity contribution is -0.137. The number of ether oxygens (including phenoxy) is 2. The zero-order chi connectivity index (χ0) is 13.8. The molecule has 1 amide bonds. The van der Waals surface area contributed by atoms with Crippen LogP contribution >= 0.6 is 0 Å². The number of carbonyl (C=O) groups excluding carboxylic acids is 1. The van der Waals surface area contributed by atoms with Crippen molar-refractivity contribution in [1.29, 1.82) is 0 Å². The highest BCUT2D eigenvalue weighted by molar-refractivity contribution is 5.75. The van der Waals surface area contributed by atoms with Gasteiger partial charge in [-0.1, -0.05) is 6.07 Å². The van der Waals surface area contributed by atoms with Crippen LogP contribution in [-0.4, -0.2) is 30.2 Å². The molecule has 19 heavy (non-hydrogen) atoms. The van der Waals surface area contributed by atoms with Crippen LogP contribution < -0.4 is 14.8 Å². The summed E-state index contributed by atoms with van der Waals surface area (Å²) < 4.78 is 10.8. The molecule has 2 rings (SSSR count). The van der Waals surface area contributed by atoms with Crippen molar-refractivity contribution in [3.8, 4) is 11.5 Å². The maximum absolute atomic E-state index is 11.1. The summed E-state index contributed by atoms with van der Waals surface area (Å²) in [6.45, 7) is 2.31. The molecular formula is C13H15NO5. The van der Waals surface area contributed by atoms with E-state index in [4.69, 9.17) is 14.6 Å². The predicted molar refractivity (Wildman–Crippen MR) is 66.2 cm³/mol. The third-order valence-corrected chi connectivity index (χ3v) is 2.72. The number of carbonyl (C=O) groups is 2. The summed E-state index contributed by atoms with van der Waals surface area (Å²) in [5.74, 6) is -0.0498. The van der Waals surface area contributed by atoms with Crippen molar-refractivity contribution in [1.82, 2.24) is 5.32 Å². The molecule has 0 aromatic heterocycles. The van der Waals surface area contributed by atoms with Gasteiger partial charge in [0.25, 0.3) is 0 Å². The number of amides is 1. The lowest BCUT2D eigenvalue weighted by atomic mass is 10.0. The first kappa shape index (κ1) is 13.2. The number of hydrogen-bond donors (Lipinski definition) is 2. The lowest BCUT2D eigenvalue weighted by Crippen LogP contribution is -2.28. The summed E-state index contributed by atoms with van der Waals surface area (Å²) >= 11 is 0. The summed E-state index contributed by atoms with van der Waals surface area (Å²) in [5.41, 5.74) is 0.682. The van der Waals surface area contributed by atoms with Crippen LogP contribution in [0.3, 0.4) is 0 Å². The van der Waals surface area contributed by atoms with Crippen LogP contribution in [0.1, 0.15) is 24.9 Å². The Morgan fingerprint density at radius 1 is 1.32 bits per heavy atom. The van der Waals surface area contributed by atoms with E-state index in [1.54, 1.807) is 18.2 Å². The third-order valence-electron chi connectivity index (χ3n) is 2.72. The zero-order valence-corrected chi connectivity index (χ0v) is 10.5. The molecule has 1 heterocycles. The van der Waals surface area contributed by atoms with Gasteiger partial charge in [-0.3, -0.25) is 9.59 Å². The predicted octanol–water partition coefficient (Wildman–Crippen LogP) is 1.11. The number of benzene rings is 1. The molecular weight excluding hydrogens is 250 g/mol. The highest BCUT2D eigenvalue weighted by Gasteiger charge is 2.20. The van der Waals surface area contributed by atoms with Crippen molar-refractivity contribution >= 4 is 11.9 Å². The number of fused-ring (bicyclic) bond motifs is 1. The minimum atomic E-state index is -0.978. The van der Waals surface area contributed by atoms with Crippen molar-refractivity contribution in [3.05, 3.63) is 23.8 Å². The van der Waals surface area contributed by atoms with Crippen LogP contribution in [0.25, 0.3) is 0 Å². The van der Waals surface area contributed by atoms with Gasteiger partial charge in [0, 0.05) is 6.92 Å². The quantitative estimate of drug-likeness (QED) is 0.851. The first-order valence-electron chi connectivity index (χ1n) is 5.94. The van der Waals surface area contributed by atoms with E-state index < -0.39 is 12.0 Å². The molecule has 1 unspecified atom stereocenters. The Balaban J connectivity index is 2.25. The summed E-state index contributed by atoms with van der Waals surface area (Å²) in [7, 11) is 0. The maximum Gasteiger partial charge on any atom is 0.305 e. The first-order valence-corrected chi connectivity index (χ1v) is 5.94. The van der Waals surface area contributed by atoms with E-state index in [1.165, 1.54) is 6.92 Å². The van der Waals surface area contributed by atoms with Gasteiger partial charge in [-0.25, -0.2) is 0 Å². The van der Waals surface area contributed by atoms with E-state index in [-0.39, 0.29) is 12.3 Å². The molecule has 0 radical (unpaired) electrons. The van der Waals surface area contributed by atoms with Crippen LogP contribution in [0.4, 0.5) is 0 Å². The first-order chi connectivity index (χ1) is 9.06. The molecule has 6 heteroatoms. The van der Waals surface area contributed by atoms with Gasteiger partial charge in [0.05, 0.1) is 12.5 Å². The molecule has 1 atom stereocenters. The number of nitrogens with one attached hydrogen (secondary N) is 1. The summed E-state index contributed by atoms with van der Waals surface area (Å²) in [5, 5.41) is 11.5. The second kappa shape index (κ2) is 5.60. The standard InChI is InChI=1S/C13H15NO5/c1-8(15)14-10(7-13(16)17)9-2-3-11-12(6-9)19-5-4-18-11/h2-3,6,10H,4-5,7H2,1H3,(H,14,15)(H,16,17). The number of carboxylic acids is 1. The molecule has 0 bridgehead atoms. The van der Waals surface area contributed by atoms with Gasteiger partial charge >= 0.3 is 5.97 Å². The Morgan fingerprint density at radius 3 is 2.63 bits per heavy atom. The maximum atomic E-state index is 11.1. The molecule has 0 fully saturated rings. The molecule has 0 aliphatic carbocycles. The van der Waals surface area contributed by atoms with Crippen LogP contribution in [0, 0.1) is 0 Å². The Kier molecular flexibility index (Phi) is 3.89. The van der Waals surface area contributed by atoms with Crippen LogP contribution in [0.5, 0.6) is 11.5 Å². The molecule has 1 aromatic carbocycles. The van der Waals surface area contributed by atoms with Crippen molar-refractivity contribution in [3.63, 3.8) is 0 Å². The highest BCUT2D eigenvalue weighted by Crippen LogP contribution is 2.33.